The van der Waals surface area contributed by atoms with Crippen LogP contribution in [-0.4, -0.2) is 26.0 Å². The Labute approximate surface area is 90.7 Å². The highest BCUT2D eigenvalue weighted by Crippen LogP contribution is 2.17. The lowest BCUT2D eigenvalue weighted by Gasteiger charge is -1.94. The van der Waals surface area contributed by atoms with Crippen molar-refractivity contribution >= 4 is 17.1 Å². The number of hydrogen-bond acceptors (Lipinski definition) is 5. The van der Waals surface area contributed by atoms with Crippen LogP contribution in [0.1, 0.15) is 21.1 Å². The van der Waals surface area contributed by atoms with E-state index in [1.165, 1.54) is 16.1 Å². The minimum absolute atomic E-state index is 0.0514. The summed E-state index contributed by atoms with van der Waals surface area (Å²) in [4.78, 5) is 13.9. The van der Waals surface area contributed by atoms with Crippen molar-refractivity contribution in [2.45, 2.75) is 13.3 Å². The third-order valence-electron chi connectivity index (χ3n) is 1.98. The zero-order valence-corrected chi connectivity index (χ0v) is 9.28. The van der Waals surface area contributed by atoms with Crippen molar-refractivity contribution in [2.75, 3.05) is 0 Å². The maximum atomic E-state index is 11.8. The molecule has 2 rings (SSSR count). The summed E-state index contributed by atoms with van der Waals surface area (Å²) in [6.07, 6.45) is 0.217. The van der Waals surface area contributed by atoms with E-state index in [4.69, 9.17) is 0 Å². The summed E-state index contributed by atoms with van der Waals surface area (Å²) in [5.41, 5.74) is 1.01. The molecule has 5 nitrogen and oxygen atoms in total. The third kappa shape index (κ3) is 2.10. The summed E-state index contributed by atoms with van der Waals surface area (Å²) >= 11 is 1.45. The largest absolute Gasteiger partial charge is 0.293 e. The lowest BCUT2D eigenvalue weighted by molar-refractivity contribution is 0.0994. The number of ketones is 1. The number of nitrogens with zero attached hydrogens (tertiary/aromatic N) is 4. The van der Waals surface area contributed by atoms with Gasteiger partial charge in [0.05, 0.1) is 18.3 Å². The molecule has 2 aromatic heterocycles. The summed E-state index contributed by atoms with van der Waals surface area (Å²) in [5.74, 6) is 0.519. The summed E-state index contributed by atoms with van der Waals surface area (Å²) in [7, 11) is 1.68. The molecule has 6 heteroatoms. The van der Waals surface area contributed by atoms with E-state index in [-0.39, 0.29) is 12.2 Å². The molecule has 0 atom stereocenters. The molecule has 0 saturated heterocycles. The van der Waals surface area contributed by atoms with Gasteiger partial charge >= 0.3 is 0 Å². The maximum absolute atomic E-state index is 11.8. The summed E-state index contributed by atoms with van der Waals surface area (Å²) in [6, 6.07) is 1.93. The Morgan fingerprint density at radius 3 is 2.93 bits per heavy atom. The van der Waals surface area contributed by atoms with Crippen molar-refractivity contribution in [1.29, 1.82) is 0 Å². The van der Waals surface area contributed by atoms with Gasteiger partial charge in [-0.1, -0.05) is 0 Å². The van der Waals surface area contributed by atoms with Crippen LogP contribution in [0.25, 0.3) is 0 Å². The fourth-order valence-electron chi connectivity index (χ4n) is 1.28. The zero-order valence-electron chi connectivity index (χ0n) is 8.47. The van der Waals surface area contributed by atoms with E-state index < -0.39 is 0 Å². The molecule has 0 bridgehead atoms. The fourth-order valence-corrected chi connectivity index (χ4v) is 2.14. The minimum atomic E-state index is 0.0514. The van der Waals surface area contributed by atoms with Gasteiger partial charge < -0.3 is 0 Å². The van der Waals surface area contributed by atoms with Gasteiger partial charge in [0.2, 0.25) is 0 Å². The number of carbonyl (C=O) groups is 1. The van der Waals surface area contributed by atoms with E-state index in [9.17, 15) is 4.79 Å². The lowest BCUT2D eigenvalue weighted by Crippen LogP contribution is -2.04. The van der Waals surface area contributed by atoms with Gasteiger partial charge in [0.25, 0.3) is 0 Å². The van der Waals surface area contributed by atoms with Gasteiger partial charge in [0.15, 0.2) is 11.6 Å². The molecule has 0 spiro atoms. The lowest BCUT2D eigenvalue weighted by atomic mass is 10.2. The molecule has 2 aromatic rings. The second-order valence-corrected chi connectivity index (χ2v) is 4.14. The highest BCUT2D eigenvalue weighted by molar-refractivity contribution is 7.12. The normalized spacial score (nSPS) is 10.5. The van der Waals surface area contributed by atoms with Gasteiger partial charge in [0.1, 0.15) is 0 Å². The third-order valence-corrected chi connectivity index (χ3v) is 3.04. The van der Waals surface area contributed by atoms with E-state index in [1.807, 2.05) is 18.4 Å². The van der Waals surface area contributed by atoms with Crippen LogP contribution in [0.15, 0.2) is 11.4 Å². The average molecular weight is 222 g/mol. The van der Waals surface area contributed by atoms with Crippen LogP contribution in [0.3, 0.4) is 0 Å². The molecule has 0 aliphatic carbocycles. The molecule has 0 N–H and O–H groups in total. The second-order valence-electron chi connectivity index (χ2n) is 3.23. The average Bonchev–Trinajstić information content (AvgIpc) is 2.75. The van der Waals surface area contributed by atoms with Crippen LogP contribution in [0.2, 0.25) is 0 Å². The van der Waals surface area contributed by atoms with Crippen molar-refractivity contribution in [3.05, 3.63) is 27.7 Å². The van der Waals surface area contributed by atoms with E-state index >= 15 is 0 Å². The molecular formula is C9H10N4OS. The summed E-state index contributed by atoms with van der Waals surface area (Å²) in [6.45, 7) is 1.92. The Morgan fingerprint density at radius 2 is 2.40 bits per heavy atom. The quantitative estimate of drug-likeness (QED) is 0.727. The molecule has 0 aliphatic heterocycles. The highest BCUT2D eigenvalue weighted by atomic mass is 32.1. The van der Waals surface area contributed by atoms with Crippen molar-refractivity contribution in [2.24, 2.45) is 7.05 Å². The zero-order chi connectivity index (χ0) is 10.8. The smallest absolute Gasteiger partial charge is 0.182 e. The van der Waals surface area contributed by atoms with E-state index in [2.05, 4.69) is 15.4 Å². The van der Waals surface area contributed by atoms with E-state index in [0.717, 1.165) is 10.4 Å². The minimum Gasteiger partial charge on any atom is -0.293 e. The van der Waals surface area contributed by atoms with Crippen molar-refractivity contribution in [3.8, 4) is 0 Å². The first kappa shape index (κ1) is 9.97. The Balaban J connectivity index is 2.14. The Bertz CT molecular complexity index is 488. The number of tetrazole rings is 1. The summed E-state index contributed by atoms with van der Waals surface area (Å²) in [5, 5.41) is 13.3. The number of rotatable bonds is 3. The number of hydrogen-bond donors (Lipinski definition) is 0. The molecule has 78 valence electrons. The standard InChI is InChI=1S/C9H10N4OS/c1-6-3-4-15-9(6)7(14)5-8-10-12-13(2)11-8/h3-4H,5H2,1-2H3. The van der Waals surface area contributed by atoms with Gasteiger partial charge in [-0.3, -0.25) is 4.79 Å². The number of aryl methyl sites for hydroxylation is 2. The van der Waals surface area contributed by atoms with Gasteiger partial charge in [-0.25, -0.2) is 0 Å². The van der Waals surface area contributed by atoms with Crippen molar-refractivity contribution < 1.29 is 4.79 Å². The number of aromatic nitrogens is 4. The molecule has 0 saturated carbocycles. The van der Waals surface area contributed by atoms with Gasteiger partial charge in [-0.2, -0.15) is 4.80 Å². The number of thiophene rings is 1. The predicted octanol–water partition coefficient (Wildman–Crippen LogP) is 1.01. The van der Waals surface area contributed by atoms with Crippen LogP contribution in [0.4, 0.5) is 0 Å². The first-order valence-corrected chi connectivity index (χ1v) is 5.35. The fraction of sp³-hybridized carbons (Fsp3) is 0.333. The maximum Gasteiger partial charge on any atom is 0.182 e. The molecule has 0 radical (unpaired) electrons. The molecular weight excluding hydrogens is 212 g/mol. The molecule has 15 heavy (non-hydrogen) atoms. The van der Waals surface area contributed by atoms with Crippen molar-refractivity contribution in [3.63, 3.8) is 0 Å². The Hall–Kier alpha value is -1.56. The first-order chi connectivity index (χ1) is 7.16. The van der Waals surface area contributed by atoms with Gasteiger partial charge in [-0.05, 0) is 29.1 Å². The molecule has 0 aromatic carbocycles. The number of carbonyl (C=O) groups excluding carboxylic acids is 1. The molecule has 0 aliphatic rings. The van der Waals surface area contributed by atoms with Gasteiger partial charge in [0, 0.05) is 0 Å². The second kappa shape index (κ2) is 3.90. The molecule has 0 amide bonds. The van der Waals surface area contributed by atoms with Crippen LogP contribution in [0.5, 0.6) is 0 Å². The van der Waals surface area contributed by atoms with Crippen LogP contribution >= 0.6 is 11.3 Å². The first-order valence-electron chi connectivity index (χ1n) is 4.47. The highest BCUT2D eigenvalue weighted by Gasteiger charge is 2.13. The van der Waals surface area contributed by atoms with Crippen molar-refractivity contribution in [1.82, 2.24) is 20.2 Å². The molecule has 2 heterocycles. The molecule has 0 unspecified atom stereocenters. The predicted molar refractivity (Wildman–Crippen MR) is 55.9 cm³/mol. The van der Waals surface area contributed by atoms with Crippen LogP contribution in [0, 0.1) is 6.92 Å². The van der Waals surface area contributed by atoms with E-state index in [0.29, 0.717) is 5.82 Å². The van der Waals surface area contributed by atoms with Crippen LogP contribution in [-0.2, 0) is 13.5 Å². The van der Waals surface area contributed by atoms with E-state index in [1.54, 1.807) is 7.05 Å². The summed E-state index contributed by atoms with van der Waals surface area (Å²) < 4.78 is 0. The Morgan fingerprint density at radius 1 is 1.60 bits per heavy atom. The molecule has 0 fully saturated rings. The van der Waals surface area contributed by atoms with Crippen LogP contribution < -0.4 is 0 Å². The topological polar surface area (TPSA) is 60.7 Å². The Kier molecular flexibility index (Phi) is 2.59. The number of Topliss-reactive ketones (excluding diaryl/α,β-unsaturated/α-hetero) is 1. The monoisotopic (exact) mass is 222 g/mol. The van der Waals surface area contributed by atoms with Gasteiger partial charge in [-0.15, -0.1) is 21.5 Å². The SMILES string of the molecule is Cc1ccsc1C(=O)Cc1nnn(C)n1.